The first-order chi connectivity index (χ1) is 9.45. The molecule has 2 atom stereocenters. The molecule has 0 aromatic carbocycles. The molecule has 0 radical (unpaired) electrons. The van der Waals surface area contributed by atoms with Crippen molar-refractivity contribution in [3.8, 4) is 0 Å². The zero-order chi connectivity index (χ0) is 15.0. The number of carbonyl (C=O) groups is 1. The van der Waals surface area contributed by atoms with Crippen LogP contribution in [0, 0.1) is 5.92 Å². The average Bonchev–Trinajstić information content (AvgIpc) is 2.41. The van der Waals surface area contributed by atoms with E-state index in [-0.39, 0.29) is 25.3 Å². The van der Waals surface area contributed by atoms with Gasteiger partial charge in [-0.3, -0.25) is 4.79 Å². The topological polar surface area (TPSA) is 50.4 Å². The summed E-state index contributed by atoms with van der Waals surface area (Å²) in [6.07, 6.45) is -1.16. The summed E-state index contributed by atoms with van der Waals surface area (Å²) in [5.41, 5.74) is 0. The molecule has 1 fully saturated rings. The van der Waals surface area contributed by atoms with Gasteiger partial charge in [0, 0.05) is 26.8 Å². The van der Waals surface area contributed by atoms with Crippen LogP contribution in [0.4, 0.5) is 13.2 Å². The van der Waals surface area contributed by atoms with E-state index < -0.39 is 18.1 Å². The lowest BCUT2D eigenvalue weighted by atomic mass is 9.94. The molecule has 0 aliphatic carbocycles. The van der Waals surface area contributed by atoms with Crippen LogP contribution in [0.1, 0.15) is 32.1 Å². The van der Waals surface area contributed by atoms with Crippen molar-refractivity contribution in [2.45, 2.75) is 44.3 Å². The molecule has 1 heterocycles. The number of rotatable bonds is 7. The molecule has 0 aromatic rings. The van der Waals surface area contributed by atoms with E-state index in [1.807, 2.05) is 0 Å². The maximum atomic E-state index is 12.5. The third kappa shape index (κ3) is 6.09. The van der Waals surface area contributed by atoms with Gasteiger partial charge in [-0.15, -0.1) is 0 Å². The molecule has 1 amide bonds. The van der Waals surface area contributed by atoms with E-state index in [0.29, 0.717) is 13.2 Å². The van der Waals surface area contributed by atoms with Gasteiger partial charge < -0.3 is 15.4 Å². The van der Waals surface area contributed by atoms with Crippen molar-refractivity contribution >= 4 is 5.91 Å². The lowest BCUT2D eigenvalue weighted by molar-refractivity contribution is -0.180. The molecule has 1 rings (SSSR count). The molecule has 0 spiro atoms. The standard InChI is InChI=1S/C13H23F3N2O2/c1-20-8-4-2-3-7-17-12(19)11-6-5-10(9-18-11)13(14,15)16/h10-11,18H,2-9H2,1H3,(H,17,19). The van der Waals surface area contributed by atoms with Crippen molar-refractivity contribution in [2.24, 2.45) is 5.92 Å². The summed E-state index contributed by atoms with van der Waals surface area (Å²) in [6, 6.07) is -0.493. The minimum atomic E-state index is -4.17. The summed E-state index contributed by atoms with van der Waals surface area (Å²) >= 11 is 0. The number of hydrogen-bond donors (Lipinski definition) is 2. The van der Waals surface area contributed by atoms with Crippen molar-refractivity contribution in [1.29, 1.82) is 0 Å². The molecule has 0 aromatic heterocycles. The second-order valence-corrected chi connectivity index (χ2v) is 5.12. The molecule has 0 bridgehead atoms. The Kier molecular flexibility index (Phi) is 7.29. The highest BCUT2D eigenvalue weighted by atomic mass is 19.4. The van der Waals surface area contributed by atoms with Gasteiger partial charge in [0.25, 0.3) is 0 Å². The highest BCUT2D eigenvalue weighted by molar-refractivity contribution is 5.81. The van der Waals surface area contributed by atoms with Gasteiger partial charge in [-0.2, -0.15) is 13.2 Å². The van der Waals surface area contributed by atoms with E-state index in [1.165, 1.54) is 0 Å². The third-order valence-electron chi connectivity index (χ3n) is 3.52. The third-order valence-corrected chi connectivity index (χ3v) is 3.52. The van der Waals surface area contributed by atoms with Gasteiger partial charge in [-0.1, -0.05) is 0 Å². The Bertz CT molecular complexity index is 290. The second-order valence-electron chi connectivity index (χ2n) is 5.12. The van der Waals surface area contributed by atoms with E-state index in [1.54, 1.807) is 7.11 Å². The van der Waals surface area contributed by atoms with Gasteiger partial charge in [0.05, 0.1) is 12.0 Å². The van der Waals surface area contributed by atoms with E-state index >= 15 is 0 Å². The van der Waals surface area contributed by atoms with Crippen LogP contribution in [-0.4, -0.2) is 44.9 Å². The molecular weight excluding hydrogens is 273 g/mol. The first-order valence-corrected chi connectivity index (χ1v) is 7.02. The first kappa shape index (κ1) is 17.2. The lowest BCUT2D eigenvalue weighted by Gasteiger charge is -2.30. The molecule has 20 heavy (non-hydrogen) atoms. The Morgan fingerprint density at radius 3 is 2.60 bits per heavy atom. The summed E-state index contributed by atoms with van der Waals surface area (Å²) < 4.78 is 42.3. The number of methoxy groups -OCH3 is 1. The molecule has 2 unspecified atom stereocenters. The van der Waals surface area contributed by atoms with Crippen LogP contribution in [0.2, 0.25) is 0 Å². The average molecular weight is 296 g/mol. The summed E-state index contributed by atoms with van der Waals surface area (Å²) in [6.45, 7) is 1.09. The van der Waals surface area contributed by atoms with Crippen LogP contribution in [0.15, 0.2) is 0 Å². The predicted molar refractivity (Wildman–Crippen MR) is 69.3 cm³/mol. The van der Waals surface area contributed by atoms with E-state index in [4.69, 9.17) is 4.74 Å². The molecule has 7 heteroatoms. The minimum absolute atomic E-state index is 0.0163. The lowest BCUT2D eigenvalue weighted by Crippen LogP contribution is -2.51. The van der Waals surface area contributed by atoms with Gasteiger partial charge in [-0.05, 0) is 32.1 Å². The Balaban J connectivity index is 2.13. The molecule has 1 aliphatic heterocycles. The van der Waals surface area contributed by atoms with Gasteiger partial charge >= 0.3 is 6.18 Å². The Morgan fingerprint density at radius 2 is 2.05 bits per heavy atom. The van der Waals surface area contributed by atoms with Crippen LogP contribution >= 0.6 is 0 Å². The number of amides is 1. The van der Waals surface area contributed by atoms with Crippen LogP contribution < -0.4 is 10.6 Å². The Labute approximate surface area is 117 Å². The zero-order valence-electron chi connectivity index (χ0n) is 11.8. The van der Waals surface area contributed by atoms with Gasteiger partial charge in [0.2, 0.25) is 5.91 Å². The number of halogens is 3. The molecule has 1 saturated heterocycles. The van der Waals surface area contributed by atoms with Crippen molar-refractivity contribution < 1.29 is 22.7 Å². The van der Waals surface area contributed by atoms with Crippen molar-refractivity contribution in [2.75, 3.05) is 26.8 Å². The highest BCUT2D eigenvalue weighted by Gasteiger charge is 2.42. The molecule has 118 valence electrons. The molecule has 1 aliphatic rings. The number of piperidine rings is 1. The van der Waals surface area contributed by atoms with Crippen molar-refractivity contribution in [3.63, 3.8) is 0 Å². The normalized spacial score (nSPS) is 23.6. The van der Waals surface area contributed by atoms with Gasteiger partial charge in [0.1, 0.15) is 0 Å². The summed E-state index contributed by atoms with van der Waals surface area (Å²) in [5.74, 6) is -1.53. The van der Waals surface area contributed by atoms with E-state index in [2.05, 4.69) is 10.6 Å². The smallest absolute Gasteiger partial charge is 0.385 e. The van der Waals surface area contributed by atoms with Gasteiger partial charge in [-0.25, -0.2) is 0 Å². The number of alkyl halides is 3. The minimum Gasteiger partial charge on any atom is -0.385 e. The summed E-state index contributed by atoms with van der Waals surface area (Å²) in [7, 11) is 1.64. The number of carbonyl (C=O) groups excluding carboxylic acids is 1. The maximum absolute atomic E-state index is 12.5. The predicted octanol–water partition coefficient (Wildman–Crippen LogP) is 1.85. The van der Waals surface area contributed by atoms with Crippen LogP contribution in [0.3, 0.4) is 0 Å². The summed E-state index contributed by atoms with van der Waals surface area (Å²) in [5, 5.41) is 5.44. The Hall–Kier alpha value is -0.820. The second kappa shape index (κ2) is 8.46. The van der Waals surface area contributed by atoms with Crippen LogP contribution in [-0.2, 0) is 9.53 Å². The van der Waals surface area contributed by atoms with Crippen LogP contribution in [0.25, 0.3) is 0 Å². The first-order valence-electron chi connectivity index (χ1n) is 7.02. The van der Waals surface area contributed by atoms with E-state index in [0.717, 1.165) is 19.3 Å². The van der Waals surface area contributed by atoms with Crippen LogP contribution in [0.5, 0.6) is 0 Å². The molecule has 0 saturated carbocycles. The fraction of sp³-hybridized carbons (Fsp3) is 0.923. The monoisotopic (exact) mass is 296 g/mol. The molecule has 4 nitrogen and oxygen atoms in total. The Morgan fingerprint density at radius 1 is 1.30 bits per heavy atom. The fourth-order valence-corrected chi connectivity index (χ4v) is 2.24. The number of unbranched alkanes of at least 4 members (excludes halogenated alkanes) is 2. The molecule has 2 N–H and O–H groups in total. The maximum Gasteiger partial charge on any atom is 0.393 e. The van der Waals surface area contributed by atoms with Gasteiger partial charge in [0.15, 0.2) is 0 Å². The number of hydrogen-bond acceptors (Lipinski definition) is 3. The SMILES string of the molecule is COCCCCCNC(=O)C1CCC(C(F)(F)F)CN1. The van der Waals surface area contributed by atoms with Crippen molar-refractivity contribution in [3.05, 3.63) is 0 Å². The number of nitrogens with one attached hydrogen (secondary N) is 2. The quantitative estimate of drug-likeness (QED) is 0.705. The highest BCUT2D eigenvalue weighted by Crippen LogP contribution is 2.31. The summed E-state index contributed by atoms with van der Waals surface area (Å²) in [4.78, 5) is 11.8. The largest absolute Gasteiger partial charge is 0.393 e. The van der Waals surface area contributed by atoms with Crippen molar-refractivity contribution in [1.82, 2.24) is 10.6 Å². The zero-order valence-corrected chi connectivity index (χ0v) is 11.8. The van der Waals surface area contributed by atoms with E-state index in [9.17, 15) is 18.0 Å². The molecular formula is C13H23F3N2O2. The number of ether oxygens (including phenoxy) is 1. The fourth-order valence-electron chi connectivity index (χ4n) is 2.24.